The molecule has 0 heterocycles. The van der Waals surface area contributed by atoms with Crippen molar-refractivity contribution in [3.05, 3.63) is 57.6 Å². The van der Waals surface area contributed by atoms with E-state index in [0.717, 1.165) is 12.1 Å². The number of hydrogen-bond acceptors (Lipinski definition) is 3. The highest BCUT2D eigenvalue weighted by Gasteiger charge is 2.36. The molecule has 2 rings (SSSR count). The second-order valence-corrected chi connectivity index (χ2v) is 5.90. The van der Waals surface area contributed by atoms with E-state index in [-0.39, 0.29) is 28.0 Å². The van der Waals surface area contributed by atoms with E-state index in [1.807, 2.05) is 0 Å². The van der Waals surface area contributed by atoms with Crippen molar-refractivity contribution in [3.63, 3.8) is 0 Å². The summed E-state index contributed by atoms with van der Waals surface area (Å²) >= 11 is 2.91. The largest absolute Gasteiger partial charge is 0.573 e. The van der Waals surface area contributed by atoms with Crippen molar-refractivity contribution < 1.29 is 36.2 Å². The van der Waals surface area contributed by atoms with Crippen molar-refractivity contribution in [2.75, 3.05) is 0 Å². The predicted molar refractivity (Wildman–Crippen MR) is 87.2 cm³/mol. The van der Waals surface area contributed by atoms with Crippen molar-refractivity contribution in [2.45, 2.75) is 18.6 Å². The Labute approximate surface area is 158 Å². The zero-order valence-electron chi connectivity index (χ0n) is 12.5. The molecule has 0 aliphatic heterocycles. The fraction of sp³-hybridized carbons (Fsp3) is 0.200. The topological polar surface area (TPSA) is 55.5 Å². The van der Waals surface area contributed by atoms with E-state index >= 15 is 0 Å². The minimum absolute atomic E-state index is 0. The Kier molecular flexibility index (Phi) is 6.83. The van der Waals surface area contributed by atoms with Crippen LogP contribution in [0.1, 0.15) is 22.7 Å². The van der Waals surface area contributed by atoms with E-state index < -0.39 is 35.6 Å². The van der Waals surface area contributed by atoms with Gasteiger partial charge in [-0.2, -0.15) is 13.2 Å². The van der Waals surface area contributed by atoms with Crippen molar-refractivity contribution in [1.82, 2.24) is 0 Å². The maximum absolute atomic E-state index is 12.9. The van der Waals surface area contributed by atoms with Gasteiger partial charge in [-0.15, -0.1) is 25.6 Å². The highest BCUT2D eigenvalue weighted by molar-refractivity contribution is 9.10. The van der Waals surface area contributed by atoms with Crippen LogP contribution in [0, 0.1) is 0 Å². The molecule has 0 radical (unpaired) electrons. The number of aromatic hydroxyl groups is 1. The monoisotopic (exact) mass is 465 g/mol. The first kappa shape index (κ1) is 22.4. The van der Waals surface area contributed by atoms with Gasteiger partial charge in [0.25, 0.3) is 0 Å². The van der Waals surface area contributed by atoms with Crippen LogP contribution in [-0.4, -0.2) is 11.5 Å². The molecule has 0 amide bonds. The van der Waals surface area contributed by atoms with E-state index in [4.69, 9.17) is 5.73 Å². The predicted octanol–water partition coefficient (Wildman–Crippen LogP) is 5.54. The molecule has 11 heteroatoms. The summed E-state index contributed by atoms with van der Waals surface area (Å²) in [7, 11) is 0. The summed E-state index contributed by atoms with van der Waals surface area (Å²) in [4.78, 5) is 0. The molecule has 0 aliphatic carbocycles. The highest BCUT2D eigenvalue weighted by atomic mass is 79.9. The third-order valence-corrected chi connectivity index (χ3v) is 3.68. The second-order valence-electron chi connectivity index (χ2n) is 4.98. The fourth-order valence-corrected chi connectivity index (χ4v) is 2.61. The molecule has 2 aromatic carbocycles. The van der Waals surface area contributed by atoms with Gasteiger partial charge in [-0.05, 0) is 29.8 Å². The van der Waals surface area contributed by atoms with Crippen LogP contribution >= 0.6 is 28.3 Å². The van der Waals surface area contributed by atoms with Crippen LogP contribution < -0.4 is 10.5 Å². The Morgan fingerprint density at radius 3 is 2.00 bits per heavy atom. The van der Waals surface area contributed by atoms with Crippen LogP contribution in [0.2, 0.25) is 0 Å². The van der Waals surface area contributed by atoms with Crippen molar-refractivity contribution in [2.24, 2.45) is 5.73 Å². The maximum atomic E-state index is 12.9. The summed E-state index contributed by atoms with van der Waals surface area (Å²) in [6.07, 6.45) is -9.67. The molecule has 3 nitrogen and oxygen atoms in total. The summed E-state index contributed by atoms with van der Waals surface area (Å²) < 4.78 is 78.9. The van der Waals surface area contributed by atoms with Gasteiger partial charge in [0.1, 0.15) is 11.5 Å². The van der Waals surface area contributed by atoms with Gasteiger partial charge in [-0.3, -0.25) is 0 Å². The molecule has 0 bridgehead atoms. The number of halogens is 8. The van der Waals surface area contributed by atoms with Crippen molar-refractivity contribution >= 4 is 28.3 Å². The maximum Gasteiger partial charge on any atom is 0.573 e. The number of ether oxygens (including phenoxy) is 1. The number of phenolic OH excluding ortho intramolecular Hbond substituents is 1. The highest BCUT2D eigenvalue weighted by Crippen LogP contribution is 2.42. The molecule has 0 fully saturated rings. The van der Waals surface area contributed by atoms with Crippen LogP contribution in [0.25, 0.3) is 0 Å². The average Bonchev–Trinajstić information content (AvgIpc) is 2.46. The smallest absolute Gasteiger partial charge is 0.507 e. The second kappa shape index (κ2) is 7.93. The number of hydrogen-bond donors (Lipinski definition) is 2. The molecule has 2 aromatic rings. The van der Waals surface area contributed by atoms with Crippen LogP contribution in [0.5, 0.6) is 11.5 Å². The number of alkyl halides is 6. The molecular formula is C15H11BrClF6NO2. The molecule has 0 unspecified atom stereocenters. The Morgan fingerprint density at radius 2 is 1.54 bits per heavy atom. The first-order valence-corrected chi connectivity index (χ1v) is 7.38. The first-order valence-electron chi connectivity index (χ1n) is 6.59. The van der Waals surface area contributed by atoms with Crippen LogP contribution in [-0.2, 0) is 6.18 Å². The SMILES string of the molecule is Cl.N[C@@H](c1ccc(OC(F)(F)F)cc1)c1cc(Br)cc(C(F)(F)F)c1O. The molecule has 1 atom stereocenters. The van der Waals surface area contributed by atoms with Gasteiger partial charge in [-0.1, -0.05) is 28.1 Å². The third kappa shape index (κ3) is 5.42. The summed E-state index contributed by atoms with van der Waals surface area (Å²) in [5.41, 5.74) is 4.55. The lowest BCUT2D eigenvalue weighted by Gasteiger charge is -2.19. The lowest BCUT2D eigenvalue weighted by molar-refractivity contribution is -0.274. The lowest BCUT2D eigenvalue weighted by atomic mass is 9.96. The van der Waals surface area contributed by atoms with E-state index in [1.165, 1.54) is 18.2 Å². The van der Waals surface area contributed by atoms with Gasteiger partial charge >= 0.3 is 12.5 Å². The number of nitrogens with two attached hydrogens (primary N) is 1. The molecule has 26 heavy (non-hydrogen) atoms. The summed E-state index contributed by atoms with van der Waals surface area (Å²) in [6.45, 7) is 0. The molecule has 0 spiro atoms. The standard InChI is InChI=1S/C15H10BrF6NO2.ClH/c16-8-5-10(13(24)11(6-8)14(17,18)19)12(23)7-1-3-9(4-2-7)25-15(20,21)22;/h1-6,12,24H,23H2;1H/t12-;/m0./s1. The Balaban J connectivity index is 0.00000338. The van der Waals surface area contributed by atoms with E-state index in [2.05, 4.69) is 20.7 Å². The quantitative estimate of drug-likeness (QED) is 0.584. The Bertz CT molecular complexity index is 764. The van der Waals surface area contributed by atoms with Gasteiger partial charge in [0.05, 0.1) is 11.6 Å². The molecule has 3 N–H and O–H groups in total. The number of benzene rings is 2. The van der Waals surface area contributed by atoms with E-state index in [9.17, 15) is 31.4 Å². The average molecular weight is 467 g/mol. The minimum Gasteiger partial charge on any atom is -0.507 e. The fourth-order valence-electron chi connectivity index (χ4n) is 2.13. The molecule has 0 saturated carbocycles. The molecule has 0 saturated heterocycles. The van der Waals surface area contributed by atoms with Crippen LogP contribution in [0.15, 0.2) is 40.9 Å². The van der Waals surface area contributed by atoms with Crippen molar-refractivity contribution in [1.29, 1.82) is 0 Å². The molecule has 144 valence electrons. The number of phenols is 1. The van der Waals surface area contributed by atoms with Crippen LogP contribution in [0.3, 0.4) is 0 Å². The Hall–Kier alpha value is -1.65. The minimum atomic E-state index is -4.87. The zero-order chi connectivity index (χ0) is 19.0. The first-order chi connectivity index (χ1) is 11.4. The zero-order valence-corrected chi connectivity index (χ0v) is 14.9. The summed E-state index contributed by atoms with van der Waals surface area (Å²) in [6, 6.07) is 4.99. The van der Waals surface area contributed by atoms with Gasteiger partial charge < -0.3 is 15.6 Å². The van der Waals surface area contributed by atoms with E-state index in [0.29, 0.717) is 6.07 Å². The Morgan fingerprint density at radius 1 is 1.00 bits per heavy atom. The number of rotatable bonds is 3. The van der Waals surface area contributed by atoms with Crippen LogP contribution in [0.4, 0.5) is 26.3 Å². The van der Waals surface area contributed by atoms with Gasteiger partial charge in [-0.25, -0.2) is 0 Å². The van der Waals surface area contributed by atoms with Gasteiger partial charge in [0, 0.05) is 10.0 Å². The van der Waals surface area contributed by atoms with E-state index in [1.54, 1.807) is 0 Å². The summed E-state index contributed by atoms with van der Waals surface area (Å²) in [5.74, 6) is -1.54. The molecular weight excluding hydrogens is 456 g/mol. The van der Waals surface area contributed by atoms with Gasteiger partial charge in [0.15, 0.2) is 0 Å². The molecule has 0 aromatic heterocycles. The molecule has 0 aliphatic rings. The van der Waals surface area contributed by atoms with Gasteiger partial charge in [0.2, 0.25) is 0 Å². The lowest BCUT2D eigenvalue weighted by Crippen LogP contribution is -2.17. The van der Waals surface area contributed by atoms with Crippen molar-refractivity contribution in [3.8, 4) is 11.5 Å². The normalized spacial score (nSPS) is 13.1. The third-order valence-electron chi connectivity index (χ3n) is 3.22. The summed E-state index contributed by atoms with van der Waals surface area (Å²) in [5, 5.41) is 9.89.